The summed E-state index contributed by atoms with van der Waals surface area (Å²) in [4.78, 5) is 9.69. The molecule has 0 aliphatic carbocycles. The topological polar surface area (TPSA) is 28.6 Å². The highest BCUT2D eigenvalue weighted by atomic mass is 32.1. The summed E-state index contributed by atoms with van der Waals surface area (Å²) in [5.41, 5.74) is 1.70. The van der Waals surface area contributed by atoms with Crippen LogP contribution in [-0.4, -0.2) is 61.7 Å². The molecule has 0 radical (unpaired) electrons. The summed E-state index contributed by atoms with van der Waals surface area (Å²) >= 11 is 1.76. The number of hydrogen-bond donors (Lipinski definition) is 0. The van der Waals surface area contributed by atoms with Gasteiger partial charge in [0.15, 0.2) is 0 Å². The number of ether oxygens (including phenoxy) is 1. The lowest BCUT2D eigenvalue weighted by Gasteiger charge is -2.41. The summed E-state index contributed by atoms with van der Waals surface area (Å²) in [6.45, 7) is 8.82. The third-order valence-corrected chi connectivity index (χ3v) is 6.11. The van der Waals surface area contributed by atoms with E-state index in [0.717, 1.165) is 19.7 Å². The van der Waals surface area contributed by atoms with Gasteiger partial charge in [-0.3, -0.25) is 4.90 Å². The van der Waals surface area contributed by atoms with Crippen molar-refractivity contribution in [2.75, 3.05) is 46.9 Å². The van der Waals surface area contributed by atoms with Crippen molar-refractivity contribution in [1.29, 1.82) is 0 Å². The Morgan fingerprint density at radius 3 is 2.81 bits per heavy atom. The Morgan fingerprint density at radius 2 is 2.19 bits per heavy atom. The van der Waals surface area contributed by atoms with Crippen LogP contribution in [-0.2, 0) is 11.3 Å². The van der Waals surface area contributed by atoms with Crippen molar-refractivity contribution in [3.63, 3.8) is 0 Å². The van der Waals surface area contributed by atoms with E-state index in [1.807, 2.05) is 7.11 Å². The smallest absolute Gasteiger partial charge is 0.0897 e. The fraction of sp³-hybridized carbons (Fsp3) is 0.812. The molecule has 2 aliphatic rings. The van der Waals surface area contributed by atoms with E-state index in [1.54, 1.807) is 11.3 Å². The molecule has 118 valence electrons. The molecule has 0 N–H and O–H groups in total. The molecule has 1 aromatic rings. The fourth-order valence-electron chi connectivity index (χ4n) is 4.04. The minimum Gasteiger partial charge on any atom is -0.384 e. The van der Waals surface area contributed by atoms with E-state index in [0.29, 0.717) is 11.3 Å². The predicted molar refractivity (Wildman–Crippen MR) is 86.7 cm³/mol. The minimum absolute atomic E-state index is 0.466. The highest BCUT2D eigenvalue weighted by Crippen LogP contribution is 2.45. The van der Waals surface area contributed by atoms with Crippen LogP contribution >= 0.6 is 11.3 Å². The molecule has 5 heteroatoms. The maximum absolute atomic E-state index is 5.53. The normalized spacial score (nSPS) is 26.7. The molecule has 0 amide bonds. The van der Waals surface area contributed by atoms with E-state index in [9.17, 15) is 0 Å². The van der Waals surface area contributed by atoms with Crippen LogP contribution in [0.3, 0.4) is 0 Å². The van der Waals surface area contributed by atoms with Crippen LogP contribution in [0.25, 0.3) is 0 Å². The summed E-state index contributed by atoms with van der Waals surface area (Å²) in [5, 5.41) is 3.38. The maximum atomic E-state index is 5.53. The molecule has 2 aliphatic heterocycles. The third kappa shape index (κ3) is 3.31. The molecule has 0 bridgehead atoms. The Morgan fingerprint density at radius 1 is 1.43 bits per heavy atom. The standard InChI is InChI=1S/C16H27N3OS/c1-13-17-15(11-21-13)9-19-8-14(10-20-3)16(12-19)4-6-18(2)7-5-16/h11,14H,4-10,12H2,1-3H3/t14-/m0/s1. The summed E-state index contributed by atoms with van der Waals surface area (Å²) in [6, 6.07) is 0. The zero-order chi connectivity index (χ0) is 14.9. The number of aromatic nitrogens is 1. The van der Waals surface area contributed by atoms with Crippen LogP contribution in [0, 0.1) is 18.3 Å². The number of hydrogen-bond acceptors (Lipinski definition) is 5. The van der Waals surface area contributed by atoms with Crippen molar-refractivity contribution >= 4 is 11.3 Å². The van der Waals surface area contributed by atoms with Crippen LogP contribution in [0.2, 0.25) is 0 Å². The van der Waals surface area contributed by atoms with Crippen molar-refractivity contribution in [3.05, 3.63) is 16.1 Å². The van der Waals surface area contributed by atoms with Crippen LogP contribution in [0.5, 0.6) is 0 Å². The quantitative estimate of drug-likeness (QED) is 0.853. The lowest BCUT2D eigenvalue weighted by Crippen LogP contribution is -2.43. The van der Waals surface area contributed by atoms with E-state index < -0.39 is 0 Å². The van der Waals surface area contributed by atoms with Crippen LogP contribution in [0.1, 0.15) is 23.5 Å². The summed E-state index contributed by atoms with van der Waals surface area (Å²) < 4.78 is 5.53. The van der Waals surface area contributed by atoms with Gasteiger partial charge in [0.1, 0.15) is 0 Å². The monoisotopic (exact) mass is 309 g/mol. The van der Waals surface area contributed by atoms with Gasteiger partial charge in [0.05, 0.1) is 17.3 Å². The number of rotatable bonds is 4. The highest BCUT2D eigenvalue weighted by Gasteiger charge is 2.47. The van der Waals surface area contributed by atoms with Gasteiger partial charge in [-0.05, 0) is 45.3 Å². The minimum atomic E-state index is 0.466. The predicted octanol–water partition coefficient (Wildman–Crippen LogP) is 2.24. The van der Waals surface area contributed by atoms with Crippen LogP contribution in [0.15, 0.2) is 5.38 Å². The molecule has 0 unspecified atom stereocenters. The number of aryl methyl sites for hydroxylation is 1. The van der Waals surface area contributed by atoms with Crippen molar-refractivity contribution in [2.45, 2.75) is 26.3 Å². The van der Waals surface area contributed by atoms with Gasteiger partial charge < -0.3 is 9.64 Å². The highest BCUT2D eigenvalue weighted by molar-refractivity contribution is 7.09. The number of methoxy groups -OCH3 is 1. The molecule has 0 aromatic carbocycles. The van der Waals surface area contributed by atoms with E-state index in [4.69, 9.17) is 4.74 Å². The summed E-state index contributed by atoms with van der Waals surface area (Å²) in [7, 11) is 4.08. The Kier molecular flexibility index (Phi) is 4.64. The lowest BCUT2D eigenvalue weighted by molar-refractivity contribution is 0.0448. The Balaban J connectivity index is 1.68. The number of nitrogens with zero attached hydrogens (tertiary/aromatic N) is 3. The van der Waals surface area contributed by atoms with Crippen molar-refractivity contribution < 1.29 is 4.74 Å². The molecule has 4 nitrogen and oxygen atoms in total. The molecule has 1 atom stereocenters. The first kappa shape index (κ1) is 15.4. The van der Waals surface area contributed by atoms with Gasteiger partial charge in [-0.25, -0.2) is 4.98 Å². The number of piperidine rings is 1. The van der Waals surface area contributed by atoms with Gasteiger partial charge in [-0.15, -0.1) is 11.3 Å². The Labute approximate surface area is 132 Å². The first-order valence-electron chi connectivity index (χ1n) is 7.92. The first-order chi connectivity index (χ1) is 10.1. The van der Waals surface area contributed by atoms with Crippen molar-refractivity contribution in [2.24, 2.45) is 11.3 Å². The summed E-state index contributed by atoms with van der Waals surface area (Å²) in [6.07, 6.45) is 2.62. The molecule has 0 saturated carbocycles. The van der Waals surface area contributed by atoms with Gasteiger partial charge in [0.25, 0.3) is 0 Å². The molecular weight excluding hydrogens is 282 g/mol. The average Bonchev–Trinajstić information content (AvgIpc) is 3.00. The molecule has 21 heavy (non-hydrogen) atoms. The molecule has 1 spiro atoms. The second-order valence-electron chi connectivity index (χ2n) is 6.85. The molecule has 3 rings (SSSR count). The number of thiazole rings is 1. The van der Waals surface area contributed by atoms with Gasteiger partial charge in [0, 0.05) is 38.0 Å². The molecular formula is C16H27N3OS. The number of likely N-dealkylation sites (tertiary alicyclic amines) is 2. The third-order valence-electron chi connectivity index (χ3n) is 5.29. The van der Waals surface area contributed by atoms with E-state index in [-0.39, 0.29) is 0 Å². The first-order valence-corrected chi connectivity index (χ1v) is 8.80. The largest absolute Gasteiger partial charge is 0.384 e. The second-order valence-corrected chi connectivity index (χ2v) is 7.91. The van der Waals surface area contributed by atoms with E-state index >= 15 is 0 Å². The Bertz CT molecular complexity index is 468. The second kappa shape index (κ2) is 6.32. The van der Waals surface area contributed by atoms with Gasteiger partial charge in [-0.1, -0.05) is 0 Å². The van der Waals surface area contributed by atoms with Crippen LogP contribution in [0.4, 0.5) is 0 Å². The zero-order valence-electron chi connectivity index (χ0n) is 13.5. The Hall–Kier alpha value is -0.490. The van der Waals surface area contributed by atoms with E-state index in [2.05, 4.69) is 34.1 Å². The zero-order valence-corrected chi connectivity index (χ0v) is 14.3. The van der Waals surface area contributed by atoms with Crippen molar-refractivity contribution in [1.82, 2.24) is 14.8 Å². The molecule has 2 saturated heterocycles. The lowest BCUT2D eigenvalue weighted by atomic mass is 9.71. The molecule has 3 heterocycles. The van der Waals surface area contributed by atoms with Gasteiger partial charge in [-0.2, -0.15) is 0 Å². The molecule has 1 aromatic heterocycles. The molecule has 2 fully saturated rings. The van der Waals surface area contributed by atoms with Crippen LogP contribution < -0.4 is 0 Å². The SMILES string of the molecule is COC[C@@H]1CN(Cc2csc(C)n2)CC12CCN(C)CC2. The van der Waals surface area contributed by atoms with Gasteiger partial charge in [0.2, 0.25) is 0 Å². The maximum Gasteiger partial charge on any atom is 0.0897 e. The van der Waals surface area contributed by atoms with E-state index in [1.165, 1.54) is 43.2 Å². The fourth-order valence-corrected chi connectivity index (χ4v) is 4.64. The average molecular weight is 309 g/mol. The van der Waals surface area contributed by atoms with Gasteiger partial charge >= 0.3 is 0 Å². The van der Waals surface area contributed by atoms with Crippen molar-refractivity contribution in [3.8, 4) is 0 Å². The summed E-state index contributed by atoms with van der Waals surface area (Å²) in [5.74, 6) is 0.677.